The van der Waals surface area contributed by atoms with Crippen molar-refractivity contribution in [3.63, 3.8) is 0 Å². The largest absolute Gasteiger partial charge is 0.496 e. The van der Waals surface area contributed by atoms with E-state index in [2.05, 4.69) is 4.98 Å². The van der Waals surface area contributed by atoms with E-state index in [9.17, 15) is 9.18 Å². The monoisotopic (exact) mass is 380 g/mol. The molecule has 2 aromatic carbocycles. The number of aryl methyl sites for hydroxylation is 1. The zero-order chi connectivity index (χ0) is 19.0. The van der Waals surface area contributed by atoms with Gasteiger partial charge in [0, 0.05) is 16.5 Å². The molecular weight excluding hydrogens is 363 g/mol. The van der Waals surface area contributed by atoms with Crippen LogP contribution in [0.15, 0.2) is 59.0 Å². The quantitative estimate of drug-likeness (QED) is 0.518. The van der Waals surface area contributed by atoms with Crippen LogP contribution in [0, 0.1) is 12.7 Å². The Morgan fingerprint density at radius 2 is 1.96 bits per heavy atom. The topological polar surface area (TPSA) is 44.1 Å². The van der Waals surface area contributed by atoms with Crippen molar-refractivity contribution in [1.82, 2.24) is 9.55 Å². The van der Waals surface area contributed by atoms with E-state index in [0.717, 1.165) is 16.7 Å². The average molecular weight is 380 g/mol. The lowest BCUT2D eigenvalue weighted by Crippen LogP contribution is -2.21. The fourth-order valence-corrected chi connectivity index (χ4v) is 3.99. The number of nitrogens with zero attached hydrogens (tertiary/aromatic N) is 2. The molecule has 4 rings (SSSR count). The highest BCUT2D eigenvalue weighted by Crippen LogP contribution is 2.31. The Morgan fingerprint density at radius 3 is 2.70 bits per heavy atom. The van der Waals surface area contributed by atoms with E-state index in [0.29, 0.717) is 21.5 Å². The molecule has 0 aliphatic rings. The first-order valence-electron chi connectivity index (χ1n) is 8.43. The highest BCUT2D eigenvalue weighted by Gasteiger charge is 2.14. The van der Waals surface area contributed by atoms with Crippen molar-refractivity contribution >= 4 is 21.6 Å². The summed E-state index contributed by atoms with van der Waals surface area (Å²) in [6.07, 6.45) is 1.50. The van der Waals surface area contributed by atoms with Crippen LogP contribution in [0.3, 0.4) is 0 Å². The molecule has 2 aromatic heterocycles. The summed E-state index contributed by atoms with van der Waals surface area (Å²) in [6, 6.07) is 12.3. The third-order valence-corrected chi connectivity index (χ3v) is 5.39. The zero-order valence-electron chi connectivity index (χ0n) is 14.9. The van der Waals surface area contributed by atoms with Gasteiger partial charge in [-0.05, 0) is 30.7 Å². The number of ether oxygens (including phenoxy) is 1. The van der Waals surface area contributed by atoms with E-state index in [4.69, 9.17) is 4.74 Å². The Kier molecular flexibility index (Phi) is 4.49. The molecule has 0 aliphatic carbocycles. The van der Waals surface area contributed by atoms with Gasteiger partial charge in [0.2, 0.25) is 0 Å². The lowest BCUT2D eigenvalue weighted by atomic mass is 10.1. The zero-order valence-corrected chi connectivity index (χ0v) is 15.7. The fourth-order valence-electron chi connectivity index (χ4n) is 3.08. The van der Waals surface area contributed by atoms with Gasteiger partial charge in [0.25, 0.3) is 5.56 Å². The molecule has 0 radical (unpaired) electrons. The Hall–Kier alpha value is -2.99. The summed E-state index contributed by atoms with van der Waals surface area (Å²) >= 11 is 1.44. The highest BCUT2D eigenvalue weighted by atomic mass is 32.1. The normalized spacial score (nSPS) is 11.1. The maximum atomic E-state index is 13.7. The molecule has 0 aliphatic heterocycles. The molecule has 0 atom stereocenters. The smallest absolute Gasteiger partial charge is 0.263 e. The van der Waals surface area contributed by atoms with E-state index in [1.807, 2.05) is 36.6 Å². The fraction of sp³-hybridized carbons (Fsp3) is 0.143. The molecule has 0 bridgehead atoms. The van der Waals surface area contributed by atoms with Gasteiger partial charge < -0.3 is 4.74 Å². The van der Waals surface area contributed by atoms with Gasteiger partial charge in [0.1, 0.15) is 16.4 Å². The molecule has 27 heavy (non-hydrogen) atoms. The van der Waals surface area contributed by atoms with Gasteiger partial charge in [-0.3, -0.25) is 9.36 Å². The van der Waals surface area contributed by atoms with Crippen molar-refractivity contribution in [2.24, 2.45) is 0 Å². The molecule has 4 aromatic rings. The molecule has 4 nitrogen and oxygen atoms in total. The Bertz CT molecular complexity index is 1180. The van der Waals surface area contributed by atoms with Crippen LogP contribution in [0.2, 0.25) is 0 Å². The molecule has 0 saturated carbocycles. The van der Waals surface area contributed by atoms with Crippen molar-refractivity contribution < 1.29 is 9.13 Å². The van der Waals surface area contributed by atoms with E-state index in [-0.39, 0.29) is 17.9 Å². The number of rotatable bonds is 4. The molecule has 0 fully saturated rings. The van der Waals surface area contributed by atoms with E-state index >= 15 is 0 Å². The molecular formula is C21H17FN2O2S. The van der Waals surface area contributed by atoms with Crippen molar-refractivity contribution in [1.29, 1.82) is 0 Å². The highest BCUT2D eigenvalue weighted by molar-refractivity contribution is 7.17. The number of halogens is 1. The third kappa shape index (κ3) is 3.24. The average Bonchev–Trinajstić information content (AvgIpc) is 3.10. The molecule has 136 valence electrons. The number of hydrogen-bond donors (Lipinski definition) is 0. The SMILES string of the molecule is COc1ccc(F)cc1Cn1cnc2scc(-c3ccc(C)cc3)c2c1=O. The second kappa shape index (κ2) is 6.96. The molecule has 0 amide bonds. The standard InChI is InChI=1S/C21H17FN2O2S/c1-13-3-5-14(6-4-13)17-11-27-20-19(17)21(25)24(12-23-20)10-15-9-16(22)7-8-18(15)26-2/h3-9,11-12H,10H2,1-2H3. The van der Waals surface area contributed by atoms with Crippen LogP contribution >= 0.6 is 11.3 Å². The van der Waals surface area contributed by atoms with Crippen LogP contribution in [0.25, 0.3) is 21.3 Å². The Labute approximate surface area is 159 Å². The molecule has 0 unspecified atom stereocenters. The van der Waals surface area contributed by atoms with Gasteiger partial charge in [0.05, 0.1) is 25.4 Å². The van der Waals surface area contributed by atoms with Gasteiger partial charge in [0.15, 0.2) is 0 Å². The minimum absolute atomic E-state index is 0.150. The molecule has 0 N–H and O–H groups in total. The maximum Gasteiger partial charge on any atom is 0.263 e. The Morgan fingerprint density at radius 1 is 1.19 bits per heavy atom. The lowest BCUT2D eigenvalue weighted by Gasteiger charge is -2.10. The Balaban J connectivity index is 1.83. The van der Waals surface area contributed by atoms with Crippen molar-refractivity contribution in [3.05, 3.63) is 81.5 Å². The van der Waals surface area contributed by atoms with E-state index in [1.54, 1.807) is 6.07 Å². The van der Waals surface area contributed by atoms with E-state index < -0.39 is 0 Å². The second-order valence-electron chi connectivity index (χ2n) is 6.33. The van der Waals surface area contributed by atoms with Crippen LogP contribution in [-0.4, -0.2) is 16.7 Å². The summed E-state index contributed by atoms with van der Waals surface area (Å²) in [6.45, 7) is 2.21. The summed E-state index contributed by atoms with van der Waals surface area (Å²) in [5.74, 6) is 0.163. The molecule has 0 saturated heterocycles. The number of methoxy groups -OCH3 is 1. The third-order valence-electron chi connectivity index (χ3n) is 4.51. The minimum Gasteiger partial charge on any atom is -0.496 e. The van der Waals surface area contributed by atoms with Gasteiger partial charge >= 0.3 is 0 Å². The first-order valence-corrected chi connectivity index (χ1v) is 9.31. The second-order valence-corrected chi connectivity index (χ2v) is 7.19. The first-order chi connectivity index (χ1) is 13.1. The number of fused-ring (bicyclic) bond motifs is 1. The van der Waals surface area contributed by atoms with Crippen molar-refractivity contribution in [3.8, 4) is 16.9 Å². The minimum atomic E-state index is -0.372. The van der Waals surface area contributed by atoms with Crippen molar-refractivity contribution in [2.45, 2.75) is 13.5 Å². The van der Waals surface area contributed by atoms with Crippen LogP contribution in [0.5, 0.6) is 5.75 Å². The van der Waals surface area contributed by atoms with Crippen LogP contribution in [-0.2, 0) is 6.54 Å². The number of hydrogen-bond acceptors (Lipinski definition) is 4. The van der Waals surface area contributed by atoms with Crippen LogP contribution < -0.4 is 10.3 Å². The summed E-state index contributed by atoms with van der Waals surface area (Å²) in [5.41, 5.74) is 3.45. The number of thiophene rings is 1. The van der Waals surface area contributed by atoms with Crippen LogP contribution in [0.1, 0.15) is 11.1 Å². The number of benzene rings is 2. The predicted molar refractivity (Wildman–Crippen MR) is 106 cm³/mol. The molecule has 0 spiro atoms. The maximum absolute atomic E-state index is 13.7. The van der Waals surface area contributed by atoms with E-state index in [1.165, 1.54) is 41.5 Å². The van der Waals surface area contributed by atoms with Gasteiger partial charge in [-0.1, -0.05) is 29.8 Å². The summed E-state index contributed by atoms with van der Waals surface area (Å²) in [5, 5.41) is 2.54. The van der Waals surface area contributed by atoms with Gasteiger partial charge in [-0.15, -0.1) is 11.3 Å². The van der Waals surface area contributed by atoms with Gasteiger partial charge in [-0.25, -0.2) is 9.37 Å². The van der Waals surface area contributed by atoms with Gasteiger partial charge in [-0.2, -0.15) is 0 Å². The lowest BCUT2D eigenvalue weighted by molar-refractivity contribution is 0.406. The van der Waals surface area contributed by atoms with Crippen molar-refractivity contribution in [2.75, 3.05) is 7.11 Å². The first kappa shape index (κ1) is 17.4. The van der Waals surface area contributed by atoms with Crippen LogP contribution in [0.4, 0.5) is 4.39 Å². The molecule has 2 heterocycles. The predicted octanol–water partition coefficient (Wildman–Crippen LogP) is 4.63. The summed E-state index contributed by atoms with van der Waals surface area (Å²) < 4.78 is 20.4. The number of aromatic nitrogens is 2. The summed E-state index contributed by atoms with van der Waals surface area (Å²) in [7, 11) is 1.52. The molecule has 6 heteroatoms. The summed E-state index contributed by atoms with van der Waals surface area (Å²) in [4.78, 5) is 18.3.